The molecule has 4 heterocycles. The number of piperazine rings is 1. The molecule has 1 aliphatic carbocycles. The fourth-order valence-corrected chi connectivity index (χ4v) is 4.40. The van der Waals surface area contributed by atoms with Crippen molar-refractivity contribution in [1.29, 1.82) is 0 Å². The van der Waals surface area contributed by atoms with Gasteiger partial charge in [0.25, 0.3) is 0 Å². The van der Waals surface area contributed by atoms with E-state index in [0.717, 1.165) is 31.1 Å². The molecule has 174 valence electrons. The average molecular weight is 458 g/mol. The molecular weight excluding hydrogens is 433 g/mol. The molecular formula is C23H25F3N6O. The quantitative estimate of drug-likeness (QED) is 0.587. The maximum absolute atomic E-state index is 13.8. The Balaban J connectivity index is 1.32. The molecule has 0 bridgehead atoms. The lowest BCUT2D eigenvalue weighted by Gasteiger charge is -2.34. The van der Waals surface area contributed by atoms with E-state index < -0.39 is 11.7 Å². The minimum absolute atomic E-state index is 0.0140. The van der Waals surface area contributed by atoms with Crippen LogP contribution in [0.3, 0.4) is 0 Å². The summed E-state index contributed by atoms with van der Waals surface area (Å²) in [6.07, 6.45) is -1.06. The van der Waals surface area contributed by atoms with Gasteiger partial charge in [-0.2, -0.15) is 18.3 Å². The number of fused-ring (bicyclic) bond motifs is 1. The van der Waals surface area contributed by atoms with E-state index in [0.29, 0.717) is 31.9 Å². The van der Waals surface area contributed by atoms with E-state index in [1.54, 1.807) is 11.1 Å². The Morgan fingerprint density at radius 1 is 1.15 bits per heavy atom. The average Bonchev–Trinajstić information content (AvgIpc) is 3.59. The number of carbonyl (C=O) groups excluding carboxylic acids is 1. The van der Waals surface area contributed by atoms with Gasteiger partial charge >= 0.3 is 6.18 Å². The van der Waals surface area contributed by atoms with Crippen molar-refractivity contribution in [1.82, 2.24) is 29.5 Å². The third-order valence-electron chi connectivity index (χ3n) is 6.32. The zero-order valence-corrected chi connectivity index (χ0v) is 18.3. The maximum atomic E-state index is 13.8. The summed E-state index contributed by atoms with van der Waals surface area (Å²) in [4.78, 5) is 25.8. The molecule has 5 rings (SSSR count). The van der Waals surface area contributed by atoms with E-state index in [4.69, 9.17) is 0 Å². The molecule has 10 heteroatoms. The first-order chi connectivity index (χ1) is 15.8. The van der Waals surface area contributed by atoms with Gasteiger partial charge in [0, 0.05) is 50.5 Å². The predicted molar refractivity (Wildman–Crippen MR) is 115 cm³/mol. The zero-order valence-electron chi connectivity index (χ0n) is 18.3. The molecule has 1 amide bonds. The molecule has 0 aromatic carbocycles. The second kappa shape index (κ2) is 8.40. The van der Waals surface area contributed by atoms with Gasteiger partial charge in [0.1, 0.15) is 6.54 Å². The maximum Gasteiger partial charge on any atom is 0.417 e. The number of hydrogen-bond acceptors (Lipinski definition) is 5. The van der Waals surface area contributed by atoms with Gasteiger partial charge in [-0.05, 0) is 38.0 Å². The van der Waals surface area contributed by atoms with Gasteiger partial charge in [-0.15, -0.1) is 0 Å². The van der Waals surface area contributed by atoms with E-state index in [1.807, 2.05) is 18.2 Å². The van der Waals surface area contributed by atoms with Crippen molar-refractivity contribution in [2.24, 2.45) is 0 Å². The van der Waals surface area contributed by atoms with Crippen LogP contribution in [0.15, 0.2) is 30.5 Å². The highest BCUT2D eigenvalue weighted by molar-refractivity contribution is 5.85. The smallest absolute Gasteiger partial charge is 0.339 e. The zero-order chi connectivity index (χ0) is 23.2. The SMILES string of the molecule is Cc1nn(CC(=O)N2CCN(Cc3ccccn3)CC2)c2nc(C3CC3)cc(C(F)(F)F)c12. The third-order valence-corrected chi connectivity index (χ3v) is 6.32. The first-order valence-corrected chi connectivity index (χ1v) is 11.1. The van der Waals surface area contributed by atoms with Gasteiger partial charge in [0.05, 0.1) is 22.3 Å². The van der Waals surface area contributed by atoms with Crippen LogP contribution in [-0.2, 0) is 24.1 Å². The van der Waals surface area contributed by atoms with Gasteiger partial charge in [0.2, 0.25) is 5.91 Å². The number of aromatic nitrogens is 4. The second-order valence-electron chi connectivity index (χ2n) is 8.79. The molecule has 1 saturated carbocycles. The Hall–Kier alpha value is -3.01. The van der Waals surface area contributed by atoms with Crippen LogP contribution in [0.1, 0.15) is 41.4 Å². The normalized spacial score (nSPS) is 17.6. The molecule has 2 aliphatic rings. The monoisotopic (exact) mass is 458 g/mol. The fraction of sp³-hybridized carbons (Fsp3) is 0.478. The molecule has 1 aliphatic heterocycles. The number of alkyl halides is 3. The van der Waals surface area contributed by atoms with E-state index in [1.165, 1.54) is 11.6 Å². The van der Waals surface area contributed by atoms with Crippen LogP contribution in [0, 0.1) is 6.92 Å². The number of carbonyl (C=O) groups is 1. The van der Waals surface area contributed by atoms with Crippen molar-refractivity contribution in [3.8, 4) is 0 Å². The highest BCUT2D eigenvalue weighted by Crippen LogP contribution is 2.43. The molecule has 0 unspecified atom stereocenters. The van der Waals surface area contributed by atoms with Crippen molar-refractivity contribution in [3.05, 3.63) is 53.1 Å². The Kier molecular flexibility index (Phi) is 5.55. The Labute approximate surface area is 189 Å². The van der Waals surface area contributed by atoms with Gasteiger partial charge in [0.15, 0.2) is 5.65 Å². The van der Waals surface area contributed by atoms with Crippen molar-refractivity contribution in [2.45, 2.75) is 44.9 Å². The number of hydrogen-bond donors (Lipinski definition) is 0. The lowest BCUT2D eigenvalue weighted by molar-refractivity contribution is -0.136. The van der Waals surface area contributed by atoms with Crippen molar-refractivity contribution in [3.63, 3.8) is 0 Å². The molecule has 1 saturated heterocycles. The van der Waals surface area contributed by atoms with Crippen molar-refractivity contribution >= 4 is 16.9 Å². The minimum Gasteiger partial charge on any atom is -0.339 e. The summed E-state index contributed by atoms with van der Waals surface area (Å²) in [5.41, 5.74) is 1.08. The Bertz CT molecular complexity index is 1160. The molecule has 7 nitrogen and oxygen atoms in total. The second-order valence-corrected chi connectivity index (χ2v) is 8.79. The highest BCUT2D eigenvalue weighted by atomic mass is 19.4. The van der Waals surface area contributed by atoms with Crippen LogP contribution >= 0.6 is 0 Å². The standard InChI is InChI=1S/C23H25F3N6O/c1-15-21-18(23(24,25)26)12-19(16-5-6-16)28-22(21)32(29-15)14-20(33)31-10-8-30(9-11-31)13-17-4-2-3-7-27-17/h2-4,7,12,16H,5-6,8-11,13-14H2,1H3. The van der Waals surface area contributed by atoms with Crippen LogP contribution in [0.2, 0.25) is 0 Å². The molecule has 33 heavy (non-hydrogen) atoms. The largest absolute Gasteiger partial charge is 0.417 e. The fourth-order valence-electron chi connectivity index (χ4n) is 4.40. The molecule has 3 aromatic heterocycles. The van der Waals surface area contributed by atoms with E-state index in [9.17, 15) is 18.0 Å². The number of nitrogens with zero attached hydrogens (tertiary/aromatic N) is 6. The number of pyridine rings is 2. The summed E-state index contributed by atoms with van der Waals surface area (Å²) in [6, 6.07) is 6.95. The van der Waals surface area contributed by atoms with Gasteiger partial charge in [-0.25, -0.2) is 9.67 Å². The summed E-state index contributed by atoms with van der Waals surface area (Å²) < 4.78 is 42.6. The lowest BCUT2D eigenvalue weighted by atomic mass is 10.1. The number of halogens is 3. The first kappa shape index (κ1) is 21.8. The van der Waals surface area contributed by atoms with E-state index >= 15 is 0 Å². The molecule has 2 fully saturated rings. The van der Waals surface area contributed by atoms with Gasteiger partial charge < -0.3 is 4.90 Å². The van der Waals surface area contributed by atoms with Crippen molar-refractivity contribution < 1.29 is 18.0 Å². The van der Waals surface area contributed by atoms with Crippen molar-refractivity contribution in [2.75, 3.05) is 26.2 Å². The molecule has 0 N–H and O–H groups in total. The summed E-state index contributed by atoms with van der Waals surface area (Å²) in [6.45, 7) is 4.67. The molecule has 0 radical (unpaired) electrons. The lowest BCUT2D eigenvalue weighted by Crippen LogP contribution is -2.49. The highest BCUT2D eigenvalue weighted by Gasteiger charge is 2.38. The van der Waals surface area contributed by atoms with Crippen LogP contribution in [0.4, 0.5) is 13.2 Å². The van der Waals surface area contributed by atoms with Gasteiger partial charge in [-0.3, -0.25) is 14.7 Å². The summed E-state index contributed by atoms with van der Waals surface area (Å²) >= 11 is 0. The van der Waals surface area contributed by atoms with Crippen LogP contribution in [0.25, 0.3) is 11.0 Å². The van der Waals surface area contributed by atoms with E-state index in [-0.39, 0.29) is 35.1 Å². The Morgan fingerprint density at radius 2 is 1.91 bits per heavy atom. The van der Waals surface area contributed by atoms with Gasteiger partial charge in [-0.1, -0.05) is 6.07 Å². The minimum atomic E-state index is -4.50. The first-order valence-electron chi connectivity index (χ1n) is 11.1. The van der Waals surface area contributed by atoms with E-state index in [2.05, 4.69) is 20.0 Å². The third kappa shape index (κ3) is 4.57. The predicted octanol–water partition coefficient (Wildman–Crippen LogP) is 3.38. The summed E-state index contributed by atoms with van der Waals surface area (Å²) in [5, 5.41) is 4.26. The molecule has 0 atom stereocenters. The molecule has 0 spiro atoms. The number of rotatable bonds is 5. The number of amides is 1. The van der Waals surface area contributed by atoms with Crippen LogP contribution < -0.4 is 0 Å². The summed E-state index contributed by atoms with van der Waals surface area (Å²) in [7, 11) is 0. The Morgan fingerprint density at radius 3 is 2.55 bits per heavy atom. The summed E-state index contributed by atoms with van der Waals surface area (Å²) in [5.74, 6) is -0.105. The topological polar surface area (TPSA) is 67.2 Å². The van der Waals surface area contributed by atoms with Crippen LogP contribution in [-0.4, -0.2) is 61.6 Å². The molecule has 3 aromatic rings. The number of aryl methyl sites for hydroxylation is 1. The van der Waals surface area contributed by atoms with Crippen LogP contribution in [0.5, 0.6) is 0 Å².